The highest BCUT2D eigenvalue weighted by Crippen LogP contribution is 2.26. The lowest BCUT2D eigenvalue weighted by molar-refractivity contribution is 0.0816. The lowest BCUT2D eigenvalue weighted by Gasteiger charge is -2.18. The van der Waals surface area contributed by atoms with E-state index >= 15 is 0 Å². The Morgan fingerprint density at radius 2 is 1.74 bits per heavy atom. The summed E-state index contributed by atoms with van der Waals surface area (Å²) in [7, 11) is -2.35. The molecule has 0 saturated heterocycles. The van der Waals surface area contributed by atoms with Crippen molar-refractivity contribution in [1.29, 1.82) is 5.41 Å². The number of carbonyl (C=O) groups is 1. The number of urea groups is 1. The van der Waals surface area contributed by atoms with Crippen molar-refractivity contribution >= 4 is 21.9 Å². The van der Waals surface area contributed by atoms with Gasteiger partial charge in [-0.05, 0) is 28.8 Å². The number of nitrogen functional groups attached to an aromatic ring is 1. The van der Waals surface area contributed by atoms with Gasteiger partial charge < -0.3 is 21.1 Å². The summed E-state index contributed by atoms with van der Waals surface area (Å²) in [6.45, 7) is 0.265. The standard InChI is InChI=1S/C24H27N5O4S/c1-33-22(29-24(30)28-15-17-5-4-6-19(13-17)23(25)26)14-16-9-11-18(12-10-16)20-7-2-3-8-21(20)34(27,31)32/h2-13,22H,14-15H2,1H3,(H3,25,26)(H2,27,31,32)(H2,28,29,30). The van der Waals surface area contributed by atoms with Crippen LogP contribution < -0.4 is 21.5 Å². The second-order valence-corrected chi connectivity index (χ2v) is 9.14. The zero-order chi connectivity index (χ0) is 24.7. The van der Waals surface area contributed by atoms with Gasteiger partial charge in [0.25, 0.3) is 0 Å². The molecule has 9 nitrogen and oxygen atoms in total. The SMILES string of the molecule is COC(Cc1ccc(-c2ccccc2S(N)(=O)=O)cc1)NC(=O)NCc1cccc(C(=N)N)c1. The van der Waals surface area contributed by atoms with E-state index in [1.54, 1.807) is 48.5 Å². The van der Waals surface area contributed by atoms with Crippen LogP contribution >= 0.6 is 0 Å². The van der Waals surface area contributed by atoms with Gasteiger partial charge in [0.05, 0.1) is 4.90 Å². The molecule has 1 unspecified atom stereocenters. The zero-order valence-electron chi connectivity index (χ0n) is 18.6. The molecule has 2 amide bonds. The molecule has 34 heavy (non-hydrogen) atoms. The molecule has 0 spiro atoms. The number of nitrogens with two attached hydrogens (primary N) is 2. The maximum atomic E-state index is 12.3. The Labute approximate surface area is 198 Å². The van der Waals surface area contributed by atoms with E-state index in [0.29, 0.717) is 23.1 Å². The number of rotatable bonds is 9. The highest BCUT2D eigenvalue weighted by molar-refractivity contribution is 7.89. The molecule has 0 radical (unpaired) electrons. The van der Waals surface area contributed by atoms with Gasteiger partial charge in [-0.2, -0.15) is 0 Å². The van der Waals surface area contributed by atoms with Crippen molar-refractivity contribution in [3.63, 3.8) is 0 Å². The zero-order valence-corrected chi connectivity index (χ0v) is 19.4. The lowest BCUT2D eigenvalue weighted by Crippen LogP contribution is -2.43. The third-order valence-electron chi connectivity index (χ3n) is 5.15. The molecule has 7 N–H and O–H groups in total. The first-order chi connectivity index (χ1) is 16.2. The summed E-state index contributed by atoms with van der Waals surface area (Å²) in [5.41, 5.74) is 9.01. The predicted octanol–water partition coefficient (Wildman–Crippen LogP) is 2.30. The van der Waals surface area contributed by atoms with Crippen LogP contribution in [-0.2, 0) is 27.7 Å². The summed E-state index contributed by atoms with van der Waals surface area (Å²) in [6, 6.07) is 20.5. The van der Waals surface area contributed by atoms with Gasteiger partial charge in [0.1, 0.15) is 12.1 Å². The number of sulfonamides is 1. The van der Waals surface area contributed by atoms with Crippen molar-refractivity contribution < 1.29 is 17.9 Å². The van der Waals surface area contributed by atoms with Crippen LogP contribution in [0, 0.1) is 5.41 Å². The van der Waals surface area contributed by atoms with Gasteiger partial charge in [0, 0.05) is 31.2 Å². The van der Waals surface area contributed by atoms with E-state index in [2.05, 4.69) is 10.6 Å². The summed E-state index contributed by atoms with van der Waals surface area (Å²) in [6.07, 6.45) is -0.174. The first-order valence-electron chi connectivity index (χ1n) is 10.4. The van der Waals surface area contributed by atoms with Gasteiger partial charge in [0.15, 0.2) is 0 Å². The van der Waals surface area contributed by atoms with Crippen molar-refractivity contribution in [3.05, 3.63) is 89.5 Å². The summed E-state index contributed by atoms with van der Waals surface area (Å²) in [5.74, 6) is -0.0371. The minimum Gasteiger partial charge on any atom is -0.384 e. The highest BCUT2D eigenvalue weighted by Gasteiger charge is 2.16. The van der Waals surface area contributed by atoms with E-state index in [1.807, 2.05) is 18.2 Å². The lowest BCUT2D eigenvalue weighted by atomic mass is 10.0. The van der Waals surface area contributed by atoms with E-state index in [1.165, 1.54) is 13.2 Å². The molecular weight excluding hydrogens is 454 g/mol. The van der Waals surface area contributed by atoms with E-state index in [0.717, 1.165) is 11.1 Å². The Balaban J connectivity index is 1.61. The predicted molar refractivity (Wildman–Crippen MR) is 131 cm³/mol. The Kier molecular flexibility index (Phi) is 8.00. The van der Waals surface area contributed by atoms with Crippen LogP contribution in [0.5, 0.6) is 0 Å². The molecule has 0 aromatic heterocycles. The van der Waals surface area contributed by atoms with Crippen LogP contribution in [0.4, 0.5) is 4.79 Å². The third kappa shape index (κ3) is 6.64. The molecule has 3 aromatic rings. The summed E-state index contributed by atoms with van der Waals surface area (Å²) < 4.78 is 29.1. The number of hydrogen-bond acceptors (Lipinski definition) is 5. The first kappa shape index (κ1) is 24.9. The smallest absolute Gasteiger partial charge is 0.317 e. The quantitative estimate of drug-likeness (QED) is 0.180. The fourth-order valence-electron chi connectivity index (χ4n) is 3.41. The van der Waals surface area contributed by atoms with Crippen molar-refractivity contribution in [2.45, 2.75) is 24.1 Å². The van der Waals surface area contributed by atoms with Crippen LogP contribution in [0.2, 0.25) is 0 Å². The fraction of sp³-hybridized carbons (Fsp3) is 0.167. The number of amidine groups is 1. The van der Waals surface area contributed by atoms with Gasteiger partial charge in [-0.1, -0.05) is 60.7 Å². The molecule has 178 valence electrons. The van der Waals surface area contributed by atoms with Crippen molar-refractivity contribution in [3.8, 4) is 11.1 Å². The molecule has 3 rings (SSSR count). The number of hydrogen-bond donors (Lipinski definition) is 5. The van der Waals surface area contributed by atoms with Crippen LogP contribution in [0.3, 0.4) is 0 Å². The number of primary sulfonamides is 1. The number of benzene rings is 3. The summed E-state index contributed by atoms with van der Waals surface area (Å²) in [5, 5.41) is 18.4. The molecule has 10 heteroatoms. The molecule has 0 saturated carbocycles. The van der Waals surface area contributed by atoms with Crippen molar-refractivity contribution in [2.75, 3.05) is 7.11 Å². The van der Waals surface area contributed by atoms with Crippen molar-refractivity contribution in [1.82, 2.24) is 10.6 Å². The maximum absolute atomic E-state index is 12.3. The molecule has 0 aliphatic heterocycles. The minimum atomic E-state index is -3.85. The molecule has 0 bridgehead atoms. The molecule has 0 aliphatic carbocycles. The number of carbonyl (C=O) groups excluding carboxylic acids is 1. The van der Waals surface area contributed by atoms with E-state index in [4.69, 9.17) is 21.0 Å². The number of ether oxygens (including phenoxy) is 1. The topological polar surface area (TPSA) is 160 Å². The average Bonchev–Trinajstić information content (AvgIpc) is 2.82. The Bertz CT molecular complexity index is 1280. The van der Waals surface area contributed by atoms with Crippen molar-refractivity contribution in [2.24, 2.45) is 10.9 Å². The van der Waals surface area contributed by atoms with Crippen LogP contribution in [0.25, 0.3) is 11.1 Å². The molecule has 0 fully saturated rings. The number of methoxy groups -OCH3 is 1. The molecule has 0 heterocycles. The average molecular weight is 482 g/mol. The number of nitrogens with one attached hydrogen (secondary N) is 3. The van der Waals surface area contributed by atoms with Gasteiger partial charge in [-0.3, -0.25) is 5.41 Å². The molecule has 0 aliphatic rings. The monoisotopic (exact) mass is 481 g/mol. The highest BCUT2D eigenvalue weighted by atomic mass is 32.2. The van der Waals surface area contributed by atoms with Gasteiger partial charge in [0.2, 0.25) is 10.0 Å². The Morgan fingerprint density at radius 1 is 1.03 bits per heavy atom. The fourth-order valence-corrected chi connectivity index (χ4v) is 4.17. The largest absolute Gasteiger partial charge is 0.384 e. The Hall–Kier alpha value is -3.73. The van der Waals surface area contributed by atoms with E-state index < -0.39 is 22.3 Å². The van der Waals surface area contributed by atoms with Gasteiger partial charge >= 0.3 is 6.03 Å². The maximum Gasteiger partial charge on any atom is 0.317 e. The second kappa shape index (κ2) is 10.9. The van der Waals surface area contributed by atoms with Crippen LogP contribution in [-0.4, -0.2) is 33.6 Å². The van der Waals surface area contributed by atoms with Gasteiger partial charge in [-0.25, -0.2) is 18.4 Å². The third-order valence-corrected chi connectivity index (χ3v) is 6.12. The second-order valence-electron chi connectivity index (χ2n) is 7.61. The minimum absolute atomic E-state index is 0.0371. The summed E-state index contributed by atoms with van der Waals surface area (Å²) >= 11 is 0. The van der Waals surface area contributed by atoms with Crippen LogP contribution in [0.1, 0.15) is 16.7 Å². The molecule has 1 atom stereocenters. The summed E-state index contributed by atoms with van der Waals surface area (Å²) in [4.78, 5) is 12.4. The normalized spacial score (nSPS) is 12.1. The molecular formula is C24H27N5O4S. The van der Waals surface area contributed by atoms with Gasteiger partial charge in [-0.15, -0.1) is 0 Å². The van der Waals surface area contributed by atoms with Crippen LogP contribution in [0.15, 0.2) is 77.7 Å². The van der Waals surface area contributed by atoms with E-state index in [9.17, 15) is 13.2 Å². The van der Waals surface area contributed by atoms with E-state index in [-0.39, 0.29) is 17.3 Å². The Morgan fingerprint density at radius 3 is 2.38 bits per heavy atom. The molecule has 3 aromatic carbocycles. The first-order valence-corrected chi connectivity index (χ1v) is 11.9. The number of amides is 2.